The van der Waals surface area contributed by atoms with Crippen LogP contribution in [0.4, 0.5) is 4.39 Å². The van der Waals surface area contributed by atoms with Gasteiger partial charge in [0, 0.05) is 10.0 Å². The van der Waals surface area contributed by atoms with Crippen molar-refractivity contribution in [3.63, 3.8) is 0 Å². The van der Waals surface area contributed by atoms with Crippen LogP contribution in [0.2, 0.25) is 0 Å². The first-order chi connectivity index (χ1) is 15.4. The first-order valence-electron chi connectivity index (χ1n) is 9.34. The van der Waals surface area contributed by atoms with E-state index in [4.69, 9.17) is 4.74 Å². The Labute approximate surface area is 191 Å². The van der Waals surface area contributed by atoms with Crippen LogP contribution in [-0.2, 0) is 4.79 Å². The second kappa shape index (κ2) is 11.0. The van der Waals surface area contributed by atoms with Crippen LogP contribution in [0, 0.1) is 5.82 Å². The molecule has 0 radical (unpaired) electrons. The molecule has 3 aromatic carbocycles. The van der Waals surface area contributed by atoms with Crippen molar-refractivity contribution >= 4 is 39.9 Å². The number of esters is 1. The molecule has 0 spiro atoms. The SMILES string of the molecule is O=C(CNC(=O)c1cccc(F)c1)N/N=C/c1ccc(OC(=O)c2cccc(Br)c2)cc1. The maximum Gasteiger partial charge on any atom is 0.343 e. The van der Waals surface area contributed by atoms with Crippen molar-refractivity contribution in [2.45, 2.75) is 0 Å². The molecule has 162 valence electrons. The number of nitrogens with one attached hydrogen (secondary N) is 2. The Balaban J connectivity index is 1.45. The third-order valence-electron chi connectivity index (χ3n) is 4.05. The number of carbonyl (C=O) groups excluding carboxylic acids is 3. The van der Waals surface area contributed by atoms with Gasteiger partial charge >= 0.3 is 5.97 Å². The maximum atomic E-state index is 13.1. The molecule has 0 aromatic heterocycles. The normalized spacial score (nSPS) is 10.6. The highest BCUT2D eigenvalue weighted by Gasteiger charge is 2.09. The lowest BCUT2D eigenvalue weighted by Gasteiger charge is -2.05. The van der Waals surface area contributed by atoms with Gasteiger partial charge < -0.3 is 10.1 Å². The van der Waals surface area contributed by atoms with Gasteiger partial charge in [-0.25, -0.2) is 14.6 Å². The zero-order valence-electron chi connectivity index (χ0n) is 16.5. The summed E-state index contributed by atoms with van der Waals surface area (Å²) in [5.41, 5.74) is 3.45. The summed E-state index contributed by atoms with van der Waals surface area (Å²) in [5.74, 6) is -1.79. The molecule has 0 aliphatic carbocycles. The van der Waals surface area contributed by atoms with Gasteiger partial charge in [0.2, 0.25) is 0 Å². The third-order valence-corrected chi connectivity index (χ3v) is 4.54. The van der Waals surface area contributed by atoms with Crippen molar-refractivity contribution < 1.29 is 23.5 Å². The van der Waals surface area contributed by atoms with Gasteiger partial charge in [0.05, 0.1) is 18.3 Å². The maximum absolute atomic E-state index is 13.1. The summed E-state index contributed by atoms with van der Waals surface area (Å²) in [6.07, 6.45) is 1.40. The van der Waals surface area contributed by atoms with Crippen LogP contribution in [0.15, 0.2) is 82.4 Å². The van der Waals surface area contributed by atoms with Crippen molar-refractivity contribution in [1.82, 2.24) is 10.7 Å². The van der Waals surface area contributed by atoms with E-state index in [0.29, 0.717) is 16.9 Å². The fourth-order valence-electron chi connectivity index (χ4n) is 2.51. The van der Waals surface area contributed by atoms with Gasteiger partial charge in [-0.1, -0.05) is 28.1 Å². The molecule has 3 aromatic rings. The first kappa shape index (κ1) is 22.8. The smallest absolute Gasteiger partial charge is 0.343 e. The first-order valence-corrected chi connectivity index (χ1v) is 10.1. The van der Waals surface area contributed by atoms with Crippen LogP contribution in [-0.4, -0.2) is 30.5 Å². The van der Waals surface area contributed by atoms with Crippen LogP contribution in [0.5, 0.6) is 5.75 Å². The molecule has 0 fully saturated rings. The minimum Gasteiger partial charge on any atom is -0.423 e. The number of rotatable bonds is 7. The van der Waals surface area contributed by atoms with Crippen LogP contribution in [0.1, 0.15) is 26.3 Å². The summed E-state index contributed by atoms with van der Waals surface area (Å²) < 4.78 is 19.2. The summed E-state index contributed by atoms with van der Waals surface area (Å²) in [6, 6.07) is 18.5. The van der Waals surface area contributed by atoms with Crippen molar-refractivity contribution in [3.05, 3.63) is 99.8 Å². The average Bonchev–Trinajstić information content (AvgIpc) is 2.78. The molecule has 2 N–H and O–H groups in total. The molecule has 0 unspecified atom stereocenters. The lowest BCUT2D eigenvalue weighted by Crippen LogP contribution is -2.34. The lowest BCUT2D eigenvalue weighted by atomic mass is 10.2. The molecule has 7 nitrogen and oxygen atoms in total. The van der Waals surface area contributed by atoms with Crippen LogP contribution >= 0.6 is 15.9 Å². The molecule has 9 heteroatoms. The number of nitrogens with zero attached hydrogens (tertiary/aromatic N) is 1. The van der Waals surface area contributed by atoms with Crippen molar-refractivity contribution in [1.29, 1.82) is 0 Å². The molecule has 0 saturated heterocycles. The number of hydrazone groups is 1. The number of carbonyl (C=O) groups is 3. The molecule has 0 heterocycles. The molecule has 3 rings (SSSR count). The van der Waals surface area contributed by atoms with E-state index in [-0.39, 0.29) is 12.1 Å². The summed E-state index contributed by atoms with van der Waals surface area (Å²) in [4.78, 5) is 35.8. The second-order valence-electron chi connectivity index (χ2n) is 6.46. The van der Waals surface area contributed by atoms with Crippen molar-refractivity contribution in [3.8, 4) is 5.75 Å². The zero-order valence-corrected chi connectivity index (χ0v) is 18.1. The Hall–Kier alpha value is -3.85. The Morgan fingerprint density at radius 3 is 2.41 bits per heavy atom. The average molecular weight is 498 g/mol. The number of hydrogen-bond donors (Lipinski definition) is 2. The molecule has 0 saturated carbocycles. The molecular formula is C23H17BrFN3O4. The fourth-order valence-corrected chi connectivity index (χ4v) is 2.91. The Morgan fingerprint density at radius 1 is 0.969 bits per heavy atom. The lowest BCUT2D eigenvalue weighted by molar-refractivity contribution is -0.120. The standard InChI is InChI=1S/C23H17BrFN3O4/c24-18-5-1-4-17(11-18)23(31)32-20-9-7-15(8-10-20)13-27-28-21(29)14-26-22(30)16-3-2-6-19(25)12-16/h1-13H,14H2,(H,26,30)(H,28,29)/b27-13+. The molecule has 0 atom stereocenters. The van der Waals surface area contributed by atoms with Gasteiger partial charge in [-0.3, -0.25) is 9.59 Å². The third kappa shape index (κ3) is 6.85. The predicted octanol–water partition coefficient (Wildman–Crippen LogP) is 3.69. The largest absolute Gasteiger partial charge is 0.423 e. The van der Waals surface area contributed by atoms with Gasteiger partial charge in [0.25, 0.3) is 11.8 Å². The monoisotopic (exact) mass is 497 g/mol. The zero-order chi connectivity index (χ0) is 22.9. The highest BCUT2D eigenvalue weighted by molar-refractivity contribution is 9.10. The van der Waals surface area contributed by atoms with Crippen LogP contribution < -0.4 is 15.5 Å². The Kier molecular flexibility index (Phi) is 7.82. The van der Waals surface area contributed by atoms with E-state index in [1.54, 1.807) is 42.5 Å². The quantitative estimate of drug-likeness (QED) is 0.225. The van der Waals surface area contributed by atoms with Gasteiger partial charge in [-0.05, 0) is 66.2 Å². The van der Waals surface area contributed by atoms with Gasteiger partial charge in [-0.15, -0.1) is 0 Å². The molecular weight excluding hydrogens is 481 g/mol. The molecule has 2 amide bonds. The van der Waals surface area contributed by atoms with E-state index in [0.717, 1.165) is 10.5 Å². The minimum atomic E-state index is -0.573. The highest BCUT2D eigenvalue weighted by atomic mass is 79.9. The second-order valence-corrected chi connectivity index (χ2v) is 7.37. The van der Waals surface area contributed by atoms with Crippen molar-refractivity contribution in [2.75, 3.05) is 6.54 Å². The predicted molar refractivity (Wildman–Crippen MR) is 120 cm³/mol. The van der Waals surface area contributed by atoms with E-state index in [1.807, 2.05) is 6.07 Å². The summed E-state index contributed by atoms with van der Waals surface area (Å²) in [5, 5.41) is 6.18. The topological polar surface area (TPSA) is 96.9 Å². The van der Waals surface area contributed by atoms with Crippen LogP contribution in [0.3, 0.4) is 0 Å². The Morgan fingerprint density at radius 2 is 1.69 bits per heavy atom. The van der Waals surface area contributed by atoms with Gasteiger partial charge in [0.15, 0.2) is 0 Å². The number of hydrogen-bond acceptors (Lipinski definition) is 5. The van der Waals surface area contributed by atoms with Gasteiger partial charge in [-0.2, -0.15) is 5.10 Å². The number of amides is 2. The van der Waals surface area contributed by atoms with E-state index < -0.39 is 23.6 Å². The number of halogens is 2. The summed E-state index contributed by atoms with van der Waals surface area (Å²) >= 11 is 3.30. The molecule has 0 aliphatic heterocycles. The fraction of sp³-hybridized carbons (Fsp3) is 0.0435. The molecule has 32 heavy (non-hydrogen) atoms. The summed E-state index contributed by atoms with van der Waals surface area (Å²) in [6.45, 7) is -0.322. The van der Waals surface area contributed by atoms with Crippen molar-refractivity contribution in [2.24, 2.45) is 5.10 Å². The van der Waals surface area contributed by atoms with E-state index in [1.165, 1.54) is 24.4 Å². The van der Waals surface area contributed by atoms with Crippen LogP contribution in [0.25, 0.3) is 0 Å². The van der Waals surface area contributed by atoms with E-state index >= 15 is 0 Å². The van der Waals surface area contributed by atoms with E-state index in [2.05, 4.69) is 31.8 Å². The van der Waals surface area contributed by atoms with E-state index in [9.17, 15) is 18.8 Å². The highest BCUT2D eigenvalue weighted by Crippen LogP contribution is 2.16. The molecule has 0 aliphatic rings. The number of ether oxygens (including phenoxy) is 1. The number of benzene rings is 3. The Bertz CT molecular complexity index is 1170. The summed E-state index contributed by atoms with van der Waals surface area (Å²) in [7, 11) is 0. The molecule has 0 bridgehead atoms. The van der Waals surface area contributed by atoms with Gasteiger partial charge in [0.1, 0.15) is 11.6 Å². The minimum absolute atomic E-state index is 0.113.